The Morgan fingerprint density at radius 3 is 2.39 bits per heavy atom. The summed E-state index contributed by atoms with van der Waals surface area (Å²) >= 11 is 0. The van der Waals surface area contributed by atoms with Crippen molar-refractivity contribution in [1.82, 2.24) is 5.32 Å². The molecule has 0 spiro atoms. The largest absolute Gasteiger partial charge is 0.311 e. The van der Waals surface area contributed by atoms with Gasteiger partial charge in [0.05, 0.1) is 21.7 Å². The van der Waals surface area contributed by atoms with Gasteiger partial charge in [0.1, 0.15) is 11.6 Å². The zero-order valence-corrected chi connectivity index (χ0v) is 16.9. The quantitative estimate of drug-likeness (QED) is 0.711. The van der Waals surface area contributed by atoms with Crippen LogP contribution in [0.2, 0.25) is 0 Å². The zero-order valence-electron chi connectivity index (χ0n) is 15.2. The number of aryl methyl sites for hydroxylation is 1. The summed E-state index contributed by atoms with van der Waals surface area (Å²) in [5.41, 5.74) is 1.03. The molecule has 1 aliphatic rings. The van der Waals surface area contributed by atoms with Crippen molar-refractivity contribution in [3.05, 3.63) is 65.2 Å². The summed E-state index contributed by atoms with van der Waals surface area (Å²) in [7, 11) is -7.48. The SMILES string of the molecule is Cc1cc(S(=O)(=O)[C@H]2CS(=O)(=O)C[C@@H]2NCCc2ccc(F)cc2)ccc1F. The number of sulfone groups is 2. The van der Waals surface area contributed by atoms with Crippen molar-refractivity contribution in [3.63, 3.8) is 0 Å². The lowest BCUT2D eigenvalue weighted by Crippen LogP contribution is -2.44. The van der Waals surface area contributed by atoms with E-state index in [-0.39, 0.29) is 22.0 Å². The molecular weight excluding hydrogens is 408 g/mol. The molecule has 1 heterocycles. The number of nitrogens with one attached hydrogen (secondary N) is 1. The third-order valence-electron chi connectivity index (χ3n) is 4.89. The summed E-state index contributed by atoms with van der Waals surface area (Å²) in [6.07, 6.45) is 0.499. The third-order valence-corrected chi connectivity index (χ3v) is 9.04. The van der Waals surface area contributed by atoms with Crippen molar-refractivity contribution >= 4 is 19.7 Å². The minimum Gasteiger partial charge on any atom is -0.311 e. The predicted octanol–water partition coefficient (Wildman–Crippen LogP) is 2.04. The van der Waals surface area contributed by atoms with E-state index >= 15 is 0 Å². The van der Waals surface area contributed by atoms with Crippen molar-refractivity contribution in [2.45, 2.75) is 29.5 Å². The summed E-state index contributed by atoms with van der Waals surface area (Å²) < 4.78 is 76.7. The highest BCUT2D eigenvalue weighted by molar-refractivity contribution is 7.96. The Balaban J connectivity index is 1.77. The highest BCUT2D eigenvalue weighted by atomic mass is 32.2. The van der Waals surface area contributed by atoms with Crippen LogP contribution in [0.5, 0.6) is 0 Å². The number of benzene rings is 2. The van der Waals surface area contributed by atoms with Crippen molar-refractivity contribution in [2.75, 3.05) is 18.1 Å². The topological polar surface area (TPSA) is 80.3 Å². The van der Waals surface area contributed by atoms with Gasteiger partial charge in [0.25, 0.3) is 0 Å². The maximum Gasteiger partial charge on any atom is 0.183 e. The fraction of sp³-hybridized carbons (Fsp3) is 0.368. The van der Waals surface area contributed by atoms with Crippen LogP contribution in [-0.4, -0.2) is 46.2 Å². The van der Waals surface area contributed by atoms with Crippen molar-refractivity contribution in [2.24, 2.45) is 0 Å². The van der Waals surface area contributed by atoms with E-state index in [1.165, 1.54) is 25.1 Å². The summed E-state index contributed by atoms with van der Waals surface area (Å²) in [6.45, 7) is 1.80. The predicted molar refractivity (Wildman–Crippen MR) is 103 cm³/mol. The smallest absolute Gasteiger partial charge is 0.183 e. The van der Waals surface area contributed by atoms with E-state index in [1.54, 1.807) is 12.1 Å². The lowest BCUT2D eigenvalue weighted by Gasteiger charge is -2.20. The number of halogens is 2. The first-order valence-corrected chi connectivity index (χ1v) is 12.1. The van der Waals surface area contributed by atoms with E-state index in [4.69, 9.17) is 0 Å². The molecule has 0 aromatic heterocycles. The molecule has 0 saturated carbocycles. The molecule has 1 saturated heterocycles. The normalized spacial score (nSPS) is 21.7. The van der Waals surface area contributed by atoms with Crippen molar-refractivity contribution < 1.29 is 25.6 Å². The number of hydrogen-bond donors (Lipinski definition) is 1. The molecule has 9 heteroatoms. The van der Waals surface area contributed by atoms with Gasteiger partial charge in [0.15, 0.2) is 19.7 Å². The molecule has 0 aliphatic carbocycles. The maximum absolute atomic E-state index is 13.5. The molecule has 2 atom stereocenters. The fourth-order valence-electron chi connectivity index (χ4n) is 3.33. The van der Waals surface area contributed by atoms with Crippen molar-refractivity contribution in [1.29, 1.82) is 0 Å². The van der Waals surface area contributed by atoms with E-state index in [2.05, 4.69) is 5.32 Å². The molecule has 2 aromatic rings. The van der Waals surface area contributed by atoms with E-state index in [0.29, 0.717) is 13.0 Å². The Hall–Kier alpha value is -1.84. The van der Waals surface area contributed by atoms with E-state index < -0.39 is 42.5 Å². The Morgan fingerprint density at radius 1 is 1.07 bits per heavy atom. The molecule has 3 rings (SSSR count). The molecule has 1 aliphatic heterocycles. The van der Waals surface area contributed by atoms with Gasteiger partial charge in [-0.1, -0.05) is 12.1 Å². The van der Waals surface area contributed by atoms with E-state index in [9.17, 15) is 25.6 Å². The minimum absolute atomic E-state index is 0.0844. The summed E-state index contributed by atoms with van der Waals surface area (Å²) in [5, 5.41) is 1.88. The van der Waals surface area contributed by atoms with Gasteiger partial charge in [-0.3, -0.25) is 0 Å². The van der Waals surface area contributed by atoms with Crippen LogP contribution >= 0.6 is 0 Å². The molecule has 0 amide bonds. The van der Waals surface area contributed by atoms with Gasteiger partial charge in [-0.05, 0) is 61.3 Å². The van der Waals surface area contributed by atoms with Gasteiger partial charge in [-0.15, -0.1) is 0 Å². The Labute approximate surface area is 163 Å². The van der Waals surface area contributed by atoms with Gasteiger partial charge in [0.2, 0.25) is 0 Å². The second-order valence-electron chi connectivity index (χ2n) is 7.01. The monoisotopic (exact) mass is 429 g/mol. The number of rotatable bonds is 6. The summed E-state index contributed by atoms with van der Waals surface area (Å²) in [5.74, 6) is -1.62. The standard InChI is InChI=1S/C19H21F2NO4S2/c1-13-10-16(6-7-17(13)21)28(25,26)19-12-27(23,24)11-18(19)22-9-8-14-2-4-15(20)5-3-14/h2-7,10,18-19,22H,8-9,11-12H2,1H3/t18-,19-/m0/s1. The minimum atomic E-state index is -3.96. The van der Waals surface area contributed by atoms with E-state index in [0.717, 1.165) is 17.7 Å². The lowest BCUT2D eigenvalue weighted by atomic mass is 10.1. The van der Waals surface area contributed by atoms with Crippen LogP contribution in [0.4, 0.5) is 8.78 Å². The average Bonchev–Trinajstić information content (AvgIpc) is 2.94. The van der Waals surface area contributed by atoms with Gasteiger partial charge in [-0.2, -0.15) is 0 Å². The maximum atomic E-state index is 13.5. The second kappa shape index (κ2) is 7.88. The van der Waals surface area contributed by atoms with Gasteiger partial charge in [-0.25, -0.2) is 25.6 Å². The molecule has 152 valence electrons. The fourth-order valence-corrected chi connectivity index (χ4v) is 8.13. The molecule has 0 radical (unpaired) electrons. The third kappa shape index (κ3) is 4.59. The number of hydrogen-bond acceptors (Lipinski definition) is 5. The molecule has 1 fully saturated rings. The Kier molecular flexibility index (Phi) is 5.88. The van der Waals surface area contributed by atoms with Gasteiger partial charge < -0.3 is 5.32 Å². The molecule has 5 nitrogen and oxygen atoms in total. The highest BCUT2D eigenvalue weighted by Crippen LogP contribution is 2.27. The average molecular weight is 430 g/mol. The first-order chi connectivity index (χ1) is 13.1. The first-order valence-electron chi connectivity index (χ1n) is 8.77. The molecule has 1 N–H and O–H groups in total. The molecule has 2 aromatic carbocycles. The first kappa shape index (κ1) is 20.9. The molecule has 28 heavy (non-hydrogen) atoms. The molecule has 0 bridgehead atoms. The second-order valence-corrected chi connectivity index (χ2v) is 11.3. The Morgan fingerprint density at radius 2 is 1.75 bits per heavy atom. The van der Waals surface area contributed by atoms with Gasteiger partial charge >= 0.3 is 0 Å². The Bertz CT molecular complexity index is 1070. The van der Waals surface area contributed by atoms with E-state index in [1.807, 2.05) is 0 Å². The van der Waals surface area contributed by atoms with Crippen LogP contribution in [0.3, 0.4) is 0 Å². The lowest BCUT2D eigenvalue weighted by molar-refractivity contribution is 0.528. The summed E-state index contributed by atoms with van der Waals surface area (Å²) in [6, 6.07) is 8.61. The van der Waals surface area contributed by atoms with Crippen LogP contribution in [0.1, 0.15) is 11.1 Å². The highest BCUT2D eigenvalue weighted by Gasteiger charge is 2.45. The summed E-state index contributed by atoms with van der Waals surface area (Å²) in [4.78, 5) is -0.0844. The van der Waals surface area contributed by atoms with Crippen LogP contribution in [0.25, 0.3) is 0 Å². The zero-order chi connectivity index (χ0) is 20.5. The molecule has 0 unspecified atom stereocenters. The van der Waals surface area contributed by atoms with Gasteiger partial charge in [0, 0.05) is 6.04 Å². The van der Waals surface area contributed by atoms with Crippen LogP contribution < -0.4 is 5.32 Å². The van der Waals surface area contributed by atoms with Crippen LogP contribution in [0, 0.1) is 18.6 Å². The van der Waals surface area contributed by atoms with Crippen LogP contribution in [-0.2, 0) is 26.1 Å². The molecular formula is C19H21F2NO4S2. The van der Waals surface area contributed by atoms with Crippen LogP contribution in [0.15, 0.2) is 47.4 Å². The van der Waals surface area contributed by atoms with Crippen molar-refractivity contribution in [3.8, 4) is 0 Å².